The molecule has 0 radical (unpaired) electrons. The van der Waals surface area contributed by atoms with Crippen LogP contribution in [0.2, 0.25) is 19.6 Å². The van der Waals surface area contributed by atoms with Crippen molar-refractivity contribution in [3.8, 4) is 0 Å². The lowest BCUT2D eigenvalue weighted by molar-refractivity contribution is 0.164. The summed E-state index contributed by atoms with van der Waals surface area (Å²) >= 11 is 0. The van der Waals surface area contributed by atoms with Crippen molar-refractivity contribution in [1.82, 2.24) is 0 Å². The van der Waals surface area contributed by atoms with Crippen LogP contribution < -0.4 is 5.38 Å². The van der Waals surface area contributed by atoms with Gasteiger partial charge in [-0.3, -0.25) is 0 Å². The molecule has 1 aromatic heterocycles. The van der Waals surface area contributed by atoms with Gasteiger partial charge in [0.15, 0.2) is 0 Å². The molecule has 1 unspecified atom stereocenters. The summed E-state index contributed by atoms with van der Waals surface area (Å²) in [6.45, 7) is 9.07. The fourth-order valence-electron chi connectivity index (χ4n) is 3.17. The van der Waals surface area contributed by atoms with Gasteiger partial charge in [0.1, 0.15) is 8.07 Å². The van der Waals surface area contributed by atoms with Gasteiger partial charge in [-0.05, 0) is 12.5 Å². The van der Waals surface area contributed by atoms with E-state index in [0.717, 1.165) is 23.8 Å². The summed E-state index contributed by atoms with van der Waals surface area (Å²) in [5.41, 5.74) is 1.04. The molecule has 0 saturated carbocycles. The Bertz CT molecular complexity index is 406. The third kappa shape index (κ3) is 8.21. The molecule has 0 saturated heterocycles. The highest BCUT2D eigenvalue weighted by Crippen LogP contribution is 2.22. The van der Waals surface area contributed by atoms with E-state index in [9.17, 15) is 5.11 Å². The summed E-state index contributed by atoms with van der Waals surface area (Å²) in [6.07, 6.45) is 15.6. The van der Waals surface area contributed by atoms with Crippen molar-refractivity contribution in [1.29, 1.82) is 0 Å². The maximum absolute atomic E-state index is 10.4. The molecule has 0 fully saturated rings. The summed E-state index contributed by atoms with van der Waals surface area (Å²) in [7, 11) is -1.49. The van der Waals surface area contributed by atoms with Crippen LogP contribution in [-0.4, -0.2) is 13.2 Å². The highest BCUT2D eigenvalue weighted by Gasteiger charge is 2.26. The van der Waals surface area contributed by atoms with Gasteiger partial charge in [0.25, 0.3) is 0 Å². The molecule has 2 nitrogen and oxygen atoms in total. The zero-order chi connectivity index (χ0) is 17.1. The fraction of sp³-hybridized carbons (Fsp3) is 0.800. The monoisotopic (exact) mass is 338 g/mol. The number of unbranched alkanes of at least 4 members (excludes halogenated alkanes) is 9. The van der Waals surface area contributed by atoms with E-state index in [4.69, 9.17) is 4.42 Å². The van der Waals surface area contributed by atoms with Crippen LogP contribution in [0.25, 0.3) is 0 Å². The van der Waals surface area contributed by atoms with Gasteiger partial charge in [0.2, 0.25) is 0 Å². The summed E-state index contributed by atoms with van der Waals surface area (Å²) in [5, 5.41) is 11.5. The Balaban J connectivity index is 2.11. The summed E-state index contributed by atoms with van der Waals surface area (Å²) in [4.78, 5) is 0. The van der Waals surface area contributed by atoms with E-state index >= 15 is 0 Å². The smallest absolute Gasteiger partial charge is 0.123 e. The molecule has 1 N–H and O–H groups in total. The van der Waals surface area contributed by atoms with Gasteiger partial charge in [-0.15, -0.1) is 0 Å². The molecule has 0 aliphatic heterocycles. The third-order valence-electron chi connectivity index (χ3n) is 4.57. The Morgan fingerprint density at radius 3 is 1.96 bits per heavy atom. The standard InChI is InChI=1S/C20H38O2Si/c1-5-6-7-8-9-10-11-12-13-14-15-19(21)18-16-17-22-20(18)23(2,3)4/h16-17,19,21H,5-15H2,1-4H3. The Morgan fingerprint density at radius 2 is 1.43 bits per heavy atom. The maximum atomic E-state index is 10.4. The van der Waals surface area contributed by atoms with Crippen LogP contribution in [0.3, 0.4) is 0 Å². The lowest BCUT2D eigenvalue weighted by Crippen LogP contribution is -2.39. The molecule has 1 rings (SSSR count). The first-order valence-electron chi connectivity index (χ1n) is 9.72. The van der Waals surface area contributed by atoms with Gasteiger partial charge in [0.05, 0.1) is 17.8 Å². The van der Waals surface area contributed by atoms with Crippen molar-refractivity contribution < 1.29 is 9.52 Å². The SMILES string of the molecule is CCCCCCCCCCCCC(O)c1ccoc1[Si](C)(C)C. The molecule has 0 amide bonds. The number of furan rings is 1. The van der Waals surface area contributed by atoms with Crippen LogP contribution in [0.1, 0.15) is 89.2 Å². The molecular formula is C20H38O2Si. The Hall–Kier alpha value is -0.543. The highest BCUT2D eigenvalue weighted by molar-refractivity contribution is 6.88. The summed E-state index contributed by atoms with van der Waals surface area (Å²) in [5.74, 6) is 0. The first-order valence-corrected chi connectivity index (χ1v) is 13.2. The molecule has 0 aliphatic rings. The lowest BCUT2D eigenvalue weighted by Gasteiger charge is -2.18. The first kappa shape index (κ1) is 20.5. The molecule has 1 heterocycles. The van der Waals surface area contributed by atoms with Crippen molar-refractivity contribution >= 4 is 13.5 Å². The number of aliphatic hydroxyl groups is 1. The van der Waals surface area contributed by atoms with E-state index in [2.05, 4.69) is 26.6 Å². The number of hydrogen-bond donors (Lipinski definition) is 1. The van der Waals surface area contributed by atoms with Crippen LogP contribution >= 0.6 is 0 Å². The van der Waals surface area contributed by atoms with E-state index in [1.54, 1.807) is 6.26 Å². The van der Waals surface area contributed by atoms with E-state index in [1.165, 1.54) is 57.8 Å². The second-order valence-corrected chi connectivity index (χ2v) is 12.9. The molecule has 0 spiro atoms. The Labute approximate surface area is 144 Å². The molecule has 1 aromatic rings. The summed E-state index contributed by atoms with van der Waals surface area (Å²) in [6, 6.07) is 1.97. The van der Waals surface area contributed by atoms with Gasteiger partial charge in [-0.2, -0.15) is 0 Å². The molecule has 1 atom stereocenters. The van der Waals surface area contributed by atoms with E-state index in [0.29, 0.717) is 0 Å². The predicted octanol–water partition coefficient (Wildman–Crippen LogP) is 6.17. The normalized spacial score (nSPS) is 13.4. The minimum Gasteiger partial charge on any atom is -0.474 e. The average Bonchev–Trinajstić information content (AvgIpc) is 2.99. The minimum absolute atomic E-state index is 0.343. The van der Waals surface area contributed by atoms with Crippen molar-refractivity contribution in [2.45, 2.75) is 103 Å². The van der Waals surface area contributed by atoms with Crippen molar-refractivity contribution in [3.05, 3.63) is 17.9 Å². The number of hydrogen-bond acceptors (Lipinski definition) is 2. The van der Waals surface area contributed by atoms with Gasteiger partial charge < -0.3 is 9.52 Å². The van der Waals surface area contributed by atoms with Gasteiger partial charge >= 0.3 is 0 Å². The summed E-state index contributed by atoms with van der Waals surface area (Å²) < 4.78 is 5.65. The zero-order valence-electron chi connectivity index (χ0n) is 15.9. The van der Waals surface area contributed by atoms with Crippen LogP contribution in [0.15, 0.2) is 16.7 Å². The van der Waals surface area contributed by atoms with E-state index < -0.39 is 8.07 Å². The van der Waals surface area contributed by atoms with Crippen LogP contribution in [0.5, 0.6) is 0 Å². The molecule has 134 valence electrons. The average molecular weight is 339 g/mol. The lowest BCUT2D eigenvalue weighted by atomic mass is 10.0. The second-order valence-electron chi connectivity index (χ2n) is 7.94. The van der Waals surface area contributed by atoms with E-state index in [1.807, 2.05) is 6.07 Å². The molecular weight excluding hydrogens is 300 g/mol. The van der Waals surface area contributed by atoms with Gasteiger partial charge in [-0.1, -0.05) is 90.8 Å². The van der Waals surface area contributed by atoms with Crippen molar-refractivity contribution in [2.75, 3.05) is 0 Å². The van der Waals surface area contributed by atoms with Gasteiger partial charge in [-0.25, -0.2) is 0 Å². The first-order chi connectivity index (χ1) is 11.0. The quantitative estimate of drug-likeness (QED) is 0.344. The molecule has 23 heavy (non-hydrogen) atoms. The molecule has 0 bridgehead atoms. The highest BCUT2D eigenvalue weighted by atomic mass is 28.3. The molecule has 0 aliphatic carbocycles. The molecule has 0 aromatic carbocycles. The number of rotatable bonds is 13. The fourth-order valence-corrected chi connectivity index (χ4v) is 4.71. The van der Waals surface area contributed by atoms with Gasteiger partial charge in [0, 0.05) is 5.56 Å². The van der Waals surface area contributed by atoms with Crippen molar-refractivity contribution in [2.24, 2.45) is 0 Å². The molecule has 3 heteroatoms. The Kier molecular flexibility index (Phi) is 9.88. The topological polar surface area (TPSA) is 33.4 Å². The van der Waals surface area contributed by atoms with Crippen LogP contribution in [-0.2, 0) is 0 Å². The largest absolute Gasteiger partial charge is 0.474 e. The Morgan fingerprint density at radius 1 is 0.913 bits per heavy atom. The predicted molar refractivity (Wildman–Crippen MR) is 103 cm³/mol. The maximum Gasteiger partial charge on any atom is 0.123 e. The zero-order valence-corrected chi connectivity index (χ0v) is 16.9. The second kappa shape index (κ2) is 11.1. The van der Waals surface area contributed by atoms with Crippen LogP contribution in [0, 0.1) is 0 Å². The number of aliphatic hydroxyl groups excluding tert-OH is 1. The minimum atomic E-state index is -1.49. The van der Waals surface area contributed by atoms with E-state index in [-0.39, 0.29) is 6.10 Å². The van der Waals surface area contributed by atoms with Crippen LogP contribution in [0.4, 0.5) is 0 Å². The van der Waals surface area contributed by atoms with Crippen molar-refractivity contribution in [3.63, 3.8) is 0 Å². The third-order valence-corrected chi connectivity index (χ3v) is 6.34.